The van der Waals surface area contributed by atoms with Crippen LogP contribution in [-0.2, 0) is 5.41 Å². The standard InChI is InChI=1S/C16H25N/c1-4-13(5-2)15(17-3)16(11-12-16)14-9-7-6-8-10-14/h6-10,13,15,17H,4-5,11-12H2,1-3H3. The van der Waals surface area contributed by atoms with E-state index in [1.54, 1.807) is 0 Å². The fraction of sp³-hybridized carbons (Fsp3) is 0.625. The van der Waals surface area contributed by atoms with E-state index in [0.717, 1.165) is 5.92 Å². The predicted molar refractivity (Wildman–Crippen MR) is 74.3 cm³/mol. The van der Waals surface area contributed by atoms with E-state index in [1.807, 2.05) is 0 Å². The van der Waals surface area contributed by atoms with Gasteiger partial charge >= 0.3 is 0 Å². The fourth-order valence-electron chi connectivity index (χ4n) is 3.41. The summed E-state index contributed by atoms with van der Waals surface area (Å²) in [7, 11) is 2.13. The molecule has 17 heavy (non-hydrogen) atoms. The molecule has 94 valence electrons. The Labute approximate surface area is 106 Å². The maximum absolute atomic E-state index is 3.61. The van der Waals surface area contributed by atoms with Crippen LogP contribution in [0.5, 0.6) is 0 Å². The first kappa shape index (κ1) is 12.6. The van der Waals surface area contributed by atoms with Gasteiger partial charge in [0, 0.05) is 11.5 Å². The molecule has 1 fully saturated rings. The molecule has 0 aliphatic heterocycles. The number of benzene rings is 1. The molecule has 2 rings (SSSR count). The Morgan fingerprint density at radius 3 is 2.12 bits per heavy atom. The molecule has 1 atom stereocenters. The van der Waals surface area contributed by atoms with Gasteiger partial charge in [-0.3, -0.25) is 0 Å². The van der Waals surface area contributed by atoms with E-state index >= 15 is 0 Å². The van der Waals surface area contributed by atoms with Gasteiger partial charge in [-0.2, -0.15) is 0 Å². The van der Waals surface area contributed by atoms with Crippen molar-refractivity contribution in [2.45, 2.75) is 51.0 Å². The van der Waals surface area contributed by atoms with Crippen molar-refractivity contribution in [1.29, 1.82) is 0 Å². The monoisotopic (exact) mass is 231 g/mol. The molecule has 1 aliphatic rings. The van der Waals surface area contributed by atoms with E-state index in [2.05, 4.69) is 56.5 Å². The van der Waals surface area contributed by atoms with E-state index in [0.29, 0.717) is 11.5 Å². The Kier molecular flexibility index (Phi) is 3.88. The van der Waals surface area contributed by atoms with Crippen LogP contribution in [0.1, 0.15) is 45.1 Å². The van der Waals surface area contributed by atoms with Crippen LogP contribution in [0.25, 0.3) is 0 Å². The molecular formula is C16H25N. The maximum atomic E-state index is 3.61. The van der Waals surface area contributed by atoms with Crippen molar-refractivity contribution in [3.63, 3.8) is 0 Å². The number of nitrogens with one attached hydrogen (secondary N) is 1. The first-order valence-corrected chi connectivity index (χ1v) is 7.01. The molecule has 0 radical (unpaired) electrons. The Balaban J connectivity index is 2.25. The second-order valence-corrected chi connectivity index (χ2v) is 5.37. The third-order valence-corrected chi connectivity index (χ3v) is 4.56. The zero-order valence-electron chi connectivity index (χ0n) is 11.4. The van der Waals surface area contributed by atoms with Crippen molar-refractivity contribution in [2.24, 2.45) is 5.92 Å². The zero-order valence-corrected chi connectivity index (χ0v) is 11.4. The van der Waals surface area contributed by atoms with Crippen LogP contribution in [0.3, 0.4) is 0 Å². The third-order valence-electron chi connectivity index (χ3n) is 4.56. The summed E-state index contributed by atoms with van der Waals surface area (Å²) in [6.07, 6.45) is 5.24. The van der Waals surface area contributed by atoms with Gasteiger partial charge < -0.3 is 5.32 Å². The molecule has 0 spiro atoms. The average molecular weight is 231 g/mol. The second-order valence-electron chi connectivity index (χ2n) is 5.37. The van der Waals surface area contributed by atoms with E-state index in [9.17, 15) is 0 Å². The molecule has 1 nitrogen and oxygen atoms in total. The lowest BCUT2D eigenvalue weighted by molar-refractivity contribution is 0.292. The summed E-state index contributed by atoms with van der Waals surface area (Å²) in [5, 5.41) is 3.61. The lowest BCUT2D eigenvalue weighted by Gasteiger charge is -2.33. The lowest BCUT2D eigenvalue weighted by Crippen LogP contribution is -2.43. The van der Waals surface area contributed by atoms with Crippen molar-refractivity contribution in [1.82, 2.24) is 5.32 Å². The van der Waals surface area contributed by atoms with Gasteiger partial charge in [0.1, 0.15) is 0 Å². The van der Waals surface area contributed by atoms with Gasteiger partial charge in [0.05, 0.1) is 0 Å². The zero-order chi connectivity index (χ0) is 12.3. The van der Waals surface area contributed by atoms with Crippen LogP contribution in [0, 0.1) is 5.92 Å². The lowest BCUT2D eigenvalue weighted by atomic mass is 9.78. The van der Waals surface area contributed by atoms with Gasteiger partial charge in [0.25, 0.3) is 0 Å². The Morgan fingerprint density at radius 2 is 1.71 bits per heavy atom. The van der Waals surface area contributed by atoms with Crippen LogP contribution in [-0.4, -0.2) is 13.1 Å². The summed E-state index contributed by atoms with van der Waals surface area (Å²) in [5.74, 6) is 0.794. The molecule has 1 aromatic carbocycles. The molecular weight excluding hydrogens is 206 g/mol. The van der Waals surface area contributed by atoms with Crippen molar-refractivity contribution >= 4 is 0 Å². The van der Waals surface area contributed by atoms with Gasteiger partial charge in [-0.05, 0) is 31.4 Å². The molecule has 0 amide bonds. The quantitative estimate of drug-likeness (QED) is 0.786. The highest BCUT2D eigenvalue weighted by Crippen LogP contribution is 2.53. The normalized spacial score (nSPS) is 19.3. The highest BCUT2D eigenvalue weighted by Gasteiger charge is 2.51. The molecule has 1 N–H and O–H groups in total. The van der Waals surface area contributed by atoms with Crippen LogP contribution < -0.4 is 5.32 Å². The first-order valence-electron chi connectivity index (χ1n) is 7.01. The van der Waals surface area contributed by atoms with Gasteiger partial charge in [0.15, 0.2) is 0 Å². The molecule has 0 aromatic heterocycles. The maximum Gasteiger partial charge on any atom is 0.0189 e. The van der Waals surface area contributed by atoms with E-state index in [4.69, 9.17) is 0 Å². The summed E-state index contributed by atoms with van der Waals surface area (Å²) in [6, 6.07) is 11.7. The molecule has 1 saturated carbocycles. The number of rotatable bonds is 6. The number of hydrogen-bond acceptors (Lipinski definition) is 1. The van der Waals surface area contributed by atoms with Crippen molar-refractivity contribution in [2.75, 3.05) is 7.05 Å². The van der Waals surface area contributed by atoms with Crippen molar-refractivity contribution in [3.05, 3.63) is 35.9 Å². The van der Waals surface area contributed by atoms with Crippen molar-refractivity contribution in [3.8, 4) is 0 Å². The smallest absolute Gasteiger partial charge is 0.0189 e. The Hall–Kier alpha value is -0.820. The first-order chi connectivity index (χ1) is 8.28. The molecule has 1 aromatic rings. The predicted octanol–water partition coefficient (Wildman–Crippen LogP) is 3.74. The minimum atomic E-state index is 0.423. The SMILES string of the molecule is CCC(CC)C(NC)C1(c2ccccc2)CC1. The molecule has 1 unspecified atom stereocenters. The molecule has 1 heteroatoms. The third kappa shape index (κ3) is 2.26. The summed E-state index contributed by atoms with van der Waals surface area (Å²) >= 11 is 0. The average Bonchev–Trinajstić information content (AvgIpc) is 3.18. The fourth-order valence-corrected chi connectivity index (χ4v) is 3.41. The minimum absolute atomic E-state index is 0.423. The summed E-state index contributed by atoms with van der Waals surface area (Å²) in [4.78, 5) is 0. The second kappa shape index (κ2) is 5.22. The summed E-state index contributed by atoms with van der Waals surface area (Å²) in [5.41, 5.74) is 1.96. The Morgan fingerprint density at radius 1 is 1.12 bits per heavy atom. The molecule has 0 bridgehead atoms. The van der Waals surface area contributed by atoms with Gasteiger partial charge in [-0.1, -0.05) is 57.0 Å². The van der Waals surface area contributed by atoms with Crippen molar-refractivity contribution < 1.29 is 0 Å². The number of likely N-dealkylation sites (N-methyl/N-ethyl adjacent to an activating group) is 1. The number of hydrogen-bond donors (Lipinski definition) is 1. The molecule has 0 saturated heterocycles. The van der Waals surface area contributed by atoms with E-state index in [1.165, 1.54) is 31.2 Å². The van der Waals surface area contributed by atoms with Crippen LogP contribution >= 0.6 is 0 Å². The highest BCUT2D eigenvalue weighted by molar-refractivity contribution is 5.34. The van der Waals surface area contributed by atoms with Gasteiger partial charge in [-0.15, -0.1) is 0 Å². The van der Waals surface area contributed by atoms with E-state index < -0.39 is 0 Å². The molecule has 1 aliphatic carbocycles. The summed E-state index contributed by atoms with van der Waals surface area (Å²) in [6.45, 7) is 4.64. The summed E-state index contributed by atoms with van der Waals surface area (Å²) < 4.78 is 0. The van der Waals surface area contributed by atoms with Crippen LogP contribution in [0.15, 0.2) is 30.3 Å². The van der Waals surface area contributed by atoms with Gasteiger partial charge in [-0.25, -0.2) is 0 Å². The van der Waals surface area contributed by atoms with Gasteiger partial charge in [0.2, 0.25) is 0 Å². The topological polar surface area (TPSA) is 12.0 Å². The minimum Gasteiger partial charge on any atom is -0.316 e. The van der Waals surface area contributed by atoms with Crippen LogP contribution in [0.2, 0.25) is 0 Å². The highest BCUT2D eigenvalue weighted by atomic mass is 14.9. The largest absolute Gasteiger partial charge is 0.316 e. The Bertz CT molecular complexity index is 336. The van der Waals surface area contributed by atoms with E-state index in [-0.39, 0.29) is 0 Å². The molecule has 0 heterocycles. The van der Waals surface area contributed by atoms with Crippen LogP contribution in [0.4, 0.5) is 0 Å².